The molecule has 2 N–H and O–H groups in total. The summed E-state index contributed by atoms with van der Waals surface area (Å²) < 4.78 is 41.1. The lowest BCUT2D eigenvalue weighted by atomic mass is 10.0. The third-order valence-electron chi connectivity index (χ3n) is 6.97. The normalized spacial score (nSPS) is 22.2. The molecule has 0 unspecified atom stereocenters. The Hall–Kier alpha value is -2.37. The average Bonchev–Trinajstić information content (AvgIpc) is 2.90. The molecular formula is C29H42ClN3O6S. The largest absolute Gasteiger partial charge is 0.490 e. The lowest BCUT2D eigenvalue weighted by Crippen LogP contribution is -2.47. The molecule has 1 aliphatic rings. The van der Waals surface area contributed by atoms with E-state index < -0.39 is 16.1 Å². The number of hydrogen-bond acceptors (Lipinski definition) is 7. The molecule has 222 valence electrons. The number of ether oxygens (including phenoxy) is 2. The van der Waals surface area contributed by atoms with Gasteiger partial charge in [0.15, 0.2) is 0 Å². The molecule has 40 heavy (non-hydrogen) atoms. The zero-order chi connectivity index (χ0) is 29.4. The van der Waals surface area contributed by atoms with Crippen LogP contribution < -0.4 is 9.46 Å². The quantitative estimate of drug-likeness (QED) is 0.485. The second-order valence-corrected chi connectivity index (χ2v) is 13.0. The van der Waals surface area contributed by atoms with Gasteiger partial charge in [0.2, 0.25) is 0 Å². The van der Waals surface area contributed by atoms with Gasteiger partial charge in [-0.05, 0) is 89.7 Å². The number of sulfonamides is 1. The van der Waals surface area contributed by atoms with Crippen molar-refractivity contribution in [3.63, 3.8) is 0 Å². The molecular weight excluding hydrogens is 554 g/mol. The molecule has 2 aromatic carbocycles. The first kappa shape index (κ1) is 32.1. The van der Waals surface area contributed by atoms with Crippen LogP contribution in [-0.2, 0) is 14.8 Å². The highest BCUT2D eigenvalue weighted by atomic mass is 35.5. The van der Waals surface area contributed by atoms with Crippen LogP contribution in [0.2, 0.25) is 5.02 Å². The lowest BCUT2D eigenvalue weighted by molar-refractivity contribution is -0.0137. The van der Waals surface area contributed by atoms with Crippen molar-refractivity contribution in [2.24, 2.45) is 5.92 Å². The minimum atomic E-state index is -3.93. The van der Waals surface area contributed by atoms with E-state index in [1.807, 2.05) is 27.9 Å². The fourth-order valence-corrected chi connectivity index (χ4v) is 5.81. The maximum absolute atomic E-state index is 14.1. The summed E-state index contributed by atoms with van der Waals surface area (Å²) in [5.74, 6) is -0.0186. The fourth-order valence-electron chi connectivity index (χ4n) is 4.64. The van der Waals surface area contributed by atoms with E-state index in [2.05, 4.69) is 9.62 Å². The predicted octanol–water partition coefficient (Wildman–Crippen LogP) is 4.50. The number of likely N-dealkylation sites (N-methyl/N-ethyl adjacent to an activating group) is 1. The number of halogens is 1. The molecule has 11 heteroatoms. The number of aliphatic hydroxyl groups is 1. The first-order valence-electron chi connectivity index (χ1n) is 13.7. The van der Waals surface area contributed by atoms with Crippen molar-refractivity contribution in [3.8, 4) is 5.75 Å². The number of carbonyl (C=O) groups excluding carboxylic acids is 1. The number of carbonyl (C=O) groups is 1. The SMILES string of the molecule is C[C@@H]1CCCCO[C@H](CN(C)C)[C@@H](C)CN([C@H](C)CO)C(=O)c2cc(NS(=O)(=O)c3ccc(Cl)cc3)ccc2O1. The van der Waals surface area contributed by atoms with Crippen molar-refractivity contribution in [2.45, 2.75) is 63.2 Å². The molecule has 0 spiro atoms. The molecule has 2 aromatic rings. The molecule has 0 aromatic heterocycles. The van der Waals surface area contributed by atoms with Crippen molar-refractivity contribution in [1.29, 1.82) is 0 Å². The van der Waals surface area contributed by atoms with Crippen LogP contribution in [0.5, 0.6) is 5.75 Å². The van der Waals surface area contributed by atoms with Gasteiger partial charge in [0.05, 0.1) is 35.3 Å². The molecule has 0 bridgehead atoms. The summed E-state index contributed by atoms with van der Waals surface area (Å²) in [5, 5.41) is 10.5. The van der Waals surface area contributed by atoms with Crippen LogP contribution in [0.3, 0.4) is 0 Å². The first-order chi connectivity index (χ1) is 18.9. The number of nitrogens with one attached hydrogen (secondary N) is 1. The highest BCUT2D eigenvalue weighted by Crippen LogP contribution is 2.29. The smallest absolute Gasteiger partial charge is 0.261 e. The predicted molar refractivity (Wildman–Crippen MR) is 158 cm³/mol. The molecule has 4 atom stereocenters. The summed E-state index contributed by atoms with van der Waals surface area (Å²) >= 11 is 5.92. The Labute approximate surface area is 243 Å². The van der Waals surface area contributed by atoms with E-state index in [1.165, 1.54) is 30.3 Å². The summed E-state index contributed by atoms with van der Waals surface area (Å²) in [6.45, 7) is 7.20. The van der Waals surface area contributed by atoms with Crippen molar-refractivity contribution in [1.82, 2.24) is 9.80 Å². The number of amides is 1. The van der Waals surface area contributed by atoms with Crippen molar-refractivity contribution in [3.05, 3.63) is 53.1 Å². The van der Waals surface area contributed by atoms with Gasteiger partial charge in [0, 0.05) is 36.3 Å². The summed E-state index contributed by atoms with van der Waals surface area (Å²) in [5.41, 5.74) is 0.440. The van der Waals surface area contributed by atoms with Crippen molar-refractivity contribution < 1.29 is 27.8 Å². The number of rotatable bonds is 7. The van der Waals surface area contributed by atoms with Crippen LogP contribution in [0.25, 0.3) is 0 Å². The van der Waals surface area contributed by atoms with Crippen LogP contribution in [0.1, 0.15) is 50.4 Å². The van der Waals surface area contributed by atoms with E-state index in [-0.39, 0.29) is 46.8 Å². The van der Waals surface area contributed by atoms with Crippen LogP contribution in [0.15, 0.2) is 47.4 Å². The van der Waals surface area contributed by atoms with E-state index in [9.17, 15) is 18.3 Å². The Morgan fingerprint density at radius 3 is 2.50 bits per heavy atom. The maximum atomic E-state index is 14.1. The number of fused-ring (bicyclic) bond motifs is 1. The molecule has 0 radical (unpaired) electrons. The van der Waals surface area contributed by atoms with E-state index in [4.69, 9.17) is 21.1 Å². The van der Waals surface area contributed by atoms with Gasteiger partial charge in [-0.2, -0.15) is 0 Å². The monoisotopic (exact) mass is 595 g/mol. The Morgan fingerprint density at radius 1 is 1.15 bits per heavy atom. The fraction of sp³-hybridized carbons (Fsp3) is 0.552. The van der Waals surface area contributed by atoms with E-state index in [0.717, 1.165) is 19.3 Å². The zero-order valence-corrected chi connectivity index (χ0v) is 25.5. The minimum absolute atomic E-state index is 0.0295. The van der Waals surface area contributed by atoms with Crippen molar-refractivity contribution >= 4 is 33.2 Å². The van der Waals surface area contributed by atoms with Crippen LogP contribution in [0.4, 0.5) is 5.69 Å². The van der Waals surface area contributed by atoms with E-state index in [0.29, 0.717) is 30.5 Å². The summed E-state index contributed by atoms with van der Waals surface area (Å²) in [7, 11) is 0.0459. The Bertz CT molecular complexity index is 1220. The highest BCUT2D eigenvalue weighted by Gasteiger charge is 2.30. The standard InChI is InChI=1S/C29H42ClN3O6S/c1-20-17-33(21(2)19-34)29(35)26-16-24(31-40(36,37)25-12-9-23(30)10-13-25)11-14-27(26)39-22(3)8-6-7-15-38-28(20)18-32(4)5/h9-14,16,20-22,28,31,34H,6-8,15,17-19H2,1-5H3/t20-,21+,22+,28+/m0/s1. The van der Waals surface area contributed by atoms with Gasteiger partial charge in [-0.3, -0.25) is 9.52 Å². The number of nitrogens with zero attached hydrogens (tertiary/aromatic N) is 2. The topological polar surface area (TPSA) is 108 Å². The van der Waals surface area contributed by atoms with Gasteiger partial charge in [-0.15, -0.1) is 0 Å². The van der Waals surface area contributed by atoms with Gasteiger partial charge in [-0.1, -0.05) is 18.5 Å². The maximum Gasteiger partial charge on any atom is 0.261 e. The van der Waals surface area contributed by atoms with Gasteiger partial charge < -0.3 is 24.4 Å². The number of aliphatic hydroxyl groups excluding tert-OH is 1. The molecule has 1 heterocycles. The van der Waals surface area contributed by atoms with Crippen LogP contribution >= 0.6 is 11.6 Å². The van der Waals surface area contributed by atoms with Gasteiger partial charge >= 0.3 is 0 Å². The number of hydrogen-bond donors (Lipinski definition) is 2. The second-order valence-electron chi connectivity index (χ2n) is 10.8. The molecule has 9 nitrogen and oxygen atoms in total. The summed E-state index contributed by atoms with van der Waals surface area (Å²) in [4.78, 5) is 17.8. The lowest BCUT2D eigenvalue weighted by Gasteiger charge is -2.35. The summed E-state index contributed by atoms with van der Waals surface area (Å²) in [6.07, 6.45) is 2.28. The molecule has 1 amide bonds. The Kier molecular flexibility index (Phi) is 11.7. The molecule has 1 aliphatic heterocycles. The number of benzene rings is 2. The highest BCUT2D eigenvalue weighted by molar-refractivity contribution is 7.92. The van der Waals surface area contributed by atoms with Crippen LogP contribution in [0, 0.1) is 5.92 Å². The molecule has 0 saturated carbocycles. The minimum Gasteiger partial charge on any atom is -0.490 e. The third-order valence-corrected chi connectivity index (χ3v) is 8.62. The van der Waals surface area contributed by atoms with E-state index >= 15 is 0 Å². The third kappa shape index (κ3) is 8.81. The molecule has 0 saturated heterocycles. The average molecular weight is 596 g/mol. The van der Waals surface area contributed by atoms with Gasteiger partial charge in [0.1, 0.15) is 5.75 Å². The van der Waals surface area contributed by atoms with Gasteiger partial charge in [0.25, 0.3) is 15.9 Å². The van der Waals surface area contributed by atoms with Crippen molar-refractivity contribution in [2.75, 3.05) is 45.1 Å². The van der Waals surface area contributed by atoms with E-state index in [1.54, 1.807) is 24.0 Å². The summed E-state index contributed by atoms with van der Waals surface area (Å²) in [6, 6.07) is 10.1. The molecule has 0 aliphatic carbocycles. The van der Waals surface area contributed by atoms with Gasteiger partial charge in [-0.25, -0.2) is 8.42 Å². The zero-order valence-electron chi connectivity index (χ0n) is 24.0. The second kappa shape index (κ2) is 14.5. The molecule has 0 fully saturated rings. The molecule has 3 rings (SSSR count). The van der Waals surface area contributed by atoms with Crippen LogP contribution in [-0.4, -0.2) is 87.9 Å². The Morgan fingerprint density at radius 2 is 1.85 bits per heavy atom. The number of anilines is 1. The first-order valence-corrected chi connectivity index (χ1v) is 15.5. The Balaban J connectivity index is 2.02.